The van der Waals surface area contributed by atoms with E-state index in [1.807, 2.05) is 0 Å². The number of rotatable bonds is 4. The van der Waals surface area contributed by atoms with Crippen molar-refractivity contribution < 1.29 is 25.4 Å². The Balaban J connectivity index is 2.59. The Hall–Kier alpha value is -3.04. The van der Waals surface area contributed by atoms with Crippen molar-refractivity contribution in [3.8, 4) is 0 Å². The molecular formula is C4H4N8O7. The highest BCUT2D eigenvalue weighted by Crippen LogP contribution is 2.36. The van der Waals surface area contributed by atoms with E-state index >= 15 is 0 Å². The van der Waals surface area contributed by atoms with Gasteiger partial charge in [-0.25, -0.2) is 31.2 Å². The zero-order valence-corrected chi connectivity index (χ0v) is 8.62. The van der Waals surface area contributed by atoms with E-state index in [0.717, 1.165) is 0 Å². The molecule has 0 fully saturated rings. The molecule has 4 N–H and O–H groups in total. The van der Waals surface area contributed by atoms with E-state index in [1.165, 1.54) is 11.0 Å². The van der Waals surface area contributed by atoms with Crippen LogP contribution in [0.1, 0.15) is 0 Å². The minimum Gasteiger partial charge on any atom is -0.290 e. The van der Waals surface area contributed by atoms with Crippen LogP contribution in [0.2, 0.25) is 0 Å². The minimum absolute atomic E-state index is 0.132. The summed E-state index contributed by atoms with van der Waals surface area (Å²) in [6.07, 6.45) is 0. The van der Waals surface area contributed by atoms with Crippen molar-refractivity contribution in [2.75, 3.05) is 21.3 Å². The van der Waals surface area contributed by atoms with Gasteiger partial charge in [-0.3, -0.25) is 10.4 Å². The first-order chi connectivity index (χ1) is 8.99. The topological polar surface area (TPSA) is 192 Å². The Morgan fingerprint density at radius 2 is 1.37 bits per heavy atom. The van der Waals surface area contributed by atoms with Gasteiger partial charge in [0.1, 0.15) is 0 Å². The van der Waals surface area contributed by atoms with Crippen LogP contribution in [0.4, 0.5) is 23.3 Å². The van der Waals surface area contributed by atoms with E-state index in [1.54, 1.807) is 0 Å². The number of fused-ring (bicyclic) bond motifs is 1. The largest absolute Gasteiger partial charge is 0.290 e. The van der Waals surface area contributed by atoms with Crippen molar-refractivity contribution in [2.24, 2.45) is 0 Å². The third kappa shape index (κ3) is 1.84. The highest BCUT2D eigenvalue weighted by Gasteiger charge is 2.47. The smallest absolute Gasteiger partial charge is 0.283 e. The average Bonchev–Trinajstić information content (AvgIpc) is 2.75. The molecular weight excluding hydrogens is 272 g/mol. The quantitative estimate of drug-likeness (QED) is 0.384. The SMILES string of the molecule is O=[N+]([O-])N1ON([N+](=O)[O-])c2nc(NO)c(NO)nc21. The summed E-state index contributed by atoms with van der Waals surface area (Å²) in [5.74, 6) is -2.36. The third-order valence-electron chi connectivity index (χ3n) is 1.89. The van der Waals surface area contributed by atoms with Crippen molar-refractivity contribution in [1.82, 2.24) is 9.97 Å². The van der Waals surface area contributed by atoms with E-state index < -0.39 is 33.3 Å². The lowest BCUT2D eigenvalue weighted by Crippen LogP contribution is -2.35. The Morgan fingerprint density at radius 3 is 1.63 bits per heavy atom. The van der Waals surface area contributed by atoms with Crippen LogP contribution in [0, 0.1) is 20.2 Å². The van der Waals surface area contributed by atoms with E-state index in [4.69, 9.17) is 10.4 Å². The van der Waals surface area contributed by atoms with Crippen LogP contribution in [0.5, 0.6) is 0 Å². The van der Waals surface area contributed by atoms with Gasteiger partial charge in [-0.15, -0.1) is 0 Å². The lowest BCUT2D eigenvalue weighted by molar-refractivity contribution is -0.604. The lowest BCUT2D eigenvalue weighted by Gasteiger charge is -2.05. The van der Waals surface area contributed by atoms with Crippen molar-refractivity contribution in [3.63, 3.8) is 0 Å². The van der Waals surface area contributed by atoms with Gasteiger partial charge in [0.25, 0.3) is 11.6 Å². The number of hydrazine groups is 2. The van der Waals surface area contributed by atoms with E-state index in [9.17, 15) is 20.2 Å². The van der Waals surface area contributed by atoms with Crippen LogP contribution in [-0.2, 0) is 4.94 Å². The molecule has 0 aliphatic carbocycles. The molecule has 0 amide bonds. The first kappa shape index (κ1) is 12.4. The second-order valence-electron chi connectivity index (χ2n) is 2.89. The molecule has 15 nitrogen and oxygen atoms in total. The molecule has 0 bridgehead atoms. The normalized spacial score (nSPS) is 13.2. The Kier molecular flexibility index (Phi) is 2.83. The molecule has 1 aromatic heterocycles. The highest BCUT2D eigenvalue weighted by molar-refractivity contribution is 5.70. The molecule has 1 aromatic rings. The predicted molar refractivity (Wildman–Crippen MR) is 52.9 cm³/mol. The fourth-order valence-corrected chi connectivity index (χ4v) is 1.20. The van der Waals surface area contributed by atoms with Gasteiger partial charge in [0.15, 0.2) is 21.7 Å². The Morgan fingerprint density at radius 1 is 1.00 bits per heavy atom. The molecule has 2 heterocycles. The molecule has 0 aromatic carbocycles. The fourth-order valence-electron chi connectivity index (χ4n) is 1.20. The van der Waals surface area contributed by atoms with Crippen molar-refractivity contribution in [1.29, 1.82) is 0 Å². The molecule has 19 heavy (non-hydrogen) atoms. The molecule has 0 atom stereocenters. The molecule has 15 heteroatoms. The van der Waals surface area contributed by atoms with Crippen molar-refractivity contribution in [2.45, 2.75) is 0 Å². The summed E-state index contributed by atoms with van der Waals surface area (Å²) in [5, 5.41) is 36.1. The van der Waals surface area contributed by atoms with Crippen LogP contribution >= 0.6 is 0 Å². The summed E-state index contributed by atoms with van der Waals surface area (Å²) in [7, 11) is 0. The summed E-state index contributed by atoms with van der Waals surface area (Å²) < 4.78 is 0. The molecule has 102 valence electrons. The second-order valence-corrected chi connectivity index (χ2v) is 2.89. The van der Waals surface area contributed by atoms with E-state index in [0.29, 0.717) is 0 Å². The summed E-state index contributed by atoms with van der Waals surface area (Å²) in [6, 6.07) is 0. The average molecular weight is 276 g/mol. The number of nitrogens with zero attached hydrogens (tertiary/aromatic N) is 6. The van der Waals surface area contributed by atoms with Gasteiger partial charge in [-0.2, -0.15) is 9.97 Å². The van der Waals surface area contributed by atoms with Crippen LogP contribution in [0.15, 0.2) is 0 Å². The number of hydrogen-bond donors (Lipinski definition) is 4. The Labute approximate surface area is 101 Å². The Bertz CT molecular complexity index is 501. The van der Waals surface area contributed by atoms with Gasteiger partial charge in [-0.05, 0) is 4.94 Å². The number of hydrogen-bond acceptors (Lipinski definition) is 11. The minimum atomic E-state index is -1.13. The standard InChI is InChI=1S/C4H4N8O7/c13-7-1-2(8-14)6-4-3(5-1)9(11(15)16)19-10(4)12(17)18/h13-14H,(H,5,7)(H,6,8). The van der Waals surface area contributed by atoms with Gasteiger partial charge in [0, 0.05) is 0 Å². The lowest BCUT2D eigenvalue weighted by atomic mass is 10.5. The van der Waals surface area contributed by atoms with Crippen LogP contribution in [-0.4, -0.2) is 30.4 Å². The van der Waals surface area contributed by atoms with Gasteiger partial charge >= 0.3 is 0 Å². The summed E-state index contributed by atoms with van der Waals surface area (Å²) in [4.78, 5) is 32.4. The van der Waals surface area contributed by atoms with Crippen molar-refractivity contribution in [3.05, 3.63) is 20.2 Å². The monoisotopic (exact) mass is 276 g/mol. The fraction of sp³-hybridized carbons (Fsp3) is 0. The second kappa shape index (κ2) is 4.33. The molecule has 0 saturated carbocycles. The number of nitrogens with one attached hydrogen (secondary N) is 2. The zero-order chi connectivity index (χ0) is 14.2. The van der Waals surface area contributed by atoms with Gasteiger partial charge in [-0.1, -0.05) is 0 Å². The number of anilines is 4. The molecule has 2 rings (SSSR count). The van der Waals surface area contributed by atoms with E-state index in [-0.39, 0.29) is 10.3 Å². The van der Waals surface area contributed by atoms with Gasteiger partial charge in [0.05, 0.1) is 10.3 Å². The third-order valence-corrected chi connectivity index (χ3v) is 1.89. The van der Waals surface area contributed by atoms with Crippen LogP contribution in [0.3, 0.4) is 0 Å². The first-order valence-electron chi connectivity index (χ1n) is 4.28. The summed E-state index contributed by atoms with van der Waals surface area (Å²) in [5.41, 5.74) is 2.98. The van der Waals surface area contributed by atoms with E-state index in [2.05, 4.69) is 14.9 Å². The molecule has 0 unspecified atom stereocenters. The number of nitro groups is 2. The zero-order valence-electron chi connectivity index (χ0n) is 8.62. The van der Waals surface area contributed by atoms with Crippen molar-refractivity contribution >= 4 is 23.3 Å². The molecule has 0 saturated heterocycles. The maximum atomic E-state index is 10.6. The number of aromatic nitrogens is 2. The van der Waals surface area contributed by atoms with Crippen LogP contribution < -0.4 is 21.3 Å². The van der Waals surface area contributed by atoms with Gasteiger partial charge < -0.3 is 0 Å². The predicted octanol–water partition coefficient (Wildman–Crippen LogP) is -1.06. The maximum absolute atomic E-state index is 10.6. The summed E-state index contributed by atoms with van der Waals surface area (Å²) in [6.45, 7) is 0. The molecule has 0 spiro atoms. The highest BCUT2D eigenvalue weighted by atomic mass is 17.0. The molecule has 1 aliphatic heterocycles. The maximum Gasteiger partial charge on any atom is 0.283 e. The van der Waals surface area contributed by atoms with Crippen LogP contribution in [0.25, 0.3) is 0 Å². The summed E-state index contributed by atoms with van der Waals surface area (Å²) >= 11 is 0. The first-order valence-corrected chi connectivity index (χ1v) is 4.28. The molecule has 0 radical (unpaired) electrons. The molecule has 1 aliphatic rings. The van der Waals surface area contributed by atoms with Gasteiger partial charge in [0.2, 0.25) is 0 Å².